The van der Waals surface area contributed by atoms with E-state index in [1.165, 1.54) is 12.1 Å². The van der Waals surface area contributed by atoms with Crippen molar-refractivity contribution in [1.29, 1.82) is 0 Å². The van der Waals surface area contributed by atoms with E-state index < -0.39 is 0 Å². The van der Waals surface area contributed by atoms with Crippen molar-refractivity contribution in [3.8, 4) is 0 Å². The van der Waals surface area contributed by atoms with E-state index in [-0.39, 0.29) is 17.8 Å². The number of halogens is 1. The molecule has 1 aliphatic heterocycles. The Kier molecular flexibility index (Phi) is 4.44. The minimum Gasteiger partial charge on any atom is -0.329 e. The zero-order chi connectivity index (χ0) is 16.4. The summed E-state index contributed by atoms with van der Waals surface area (Å²) in [6.45, 7) is 5.99. The van der Waals surface area contributed by atoms with Crippen molar-refractivity contribution in [3.63, 3.8) is 0 Å². The van der Waals surface area contributed by atoms with Gasteiger partial charge in [0.1, 0.15) is 5.82 Å². The van der Waals surface area contributed by atoms with Crippen LogP contribution in [0, 0.1) is 19.7 Å². The van der Waals surface area contributed by atoms with Crippen LogP contribution in [0.25, 0.3) is 0 Å². The molecule has 1 aliphatic rings. The third kappa shape index (κ3) is 3.42. The summed E-state index contributed by atoms with van der Waals surface area (Å²) in [7, 11) is 0. The molecule has 0 aromatic heterocycles. The molecule has 1 amide bonds. The Bertz CT molecular complexity index is 709. The molecule has 2 aromatic rings. The molecule has 120 valence electrons. The first kappa shape index (κ1) is 15.7. The molecule has 23 heavy (non-hydrogen) atoms. The van der Waals surface area contributed by atoms with Crippen LogP contribution in [-0.4, -0.2) is 30.4 Å². The van der Waals surface area contributed by atoms with Gasteiger partial charge in [-0.3, -0.25) is 4.79 Å². The summed E-state index contributed by atoms with van der Waals surface area (Å²) in [5.41, 5.74) is 3.68. The Labute approximate surface area is 136 Å². The molecule has 0 bridgehead atoms. The quantitative estimate of drug-likeness (QED) is 0.923. The standard InChI is InChI=1S/C19H21FN2O/c1-13-8-14(2)10-16(9-13)19(23)22-7-6-21-12-18(22)15-4-3-5-17(20)11-15/h3-5,8-11,18,21H,6-7,12H2,1-2H3. The molecule has 2 aromatic carbocycles. The first-order chi connectivity index (χ1) is 11.0. The summed E-state index contributed by atoms with van der Waals surface area (Å²) in [5.74, 6) is -0.264. The van der Waals surface area contributed by atoms with Crippen molar-refractivity contribution in [2.45, 2.75) is 19.9 Å². The summed E-state index contributed by atoms with van der Waals surface area (Å²) in [4.78, 5) is 14.8. The summed E-state index contributed by atoms with van der Waals surface area (Å²) < 4.78 is 13.6. The molecule has 1 N–H and O–H groups in total. The minimum atomic E-state index is -0.271. The third-order valence-electron chi connectivity index (χ3n) is 4.21. The lowest BCUT2D eigenvalue weighted by Crippen LogP contribution is -2.48. The Balaban J connectivity index is 1.93. The molecule has 1 atom stereocenters. The van der Waals surface area contributed by atoms with Gasteiger partial charge in [-0.05, 0) is 43.7 Å². The van der Waals surface area contributed by atoms with E-state index in [0.29, 0.717) is 18.7 Å². The van der Waals surface area contributed by atoms with Gasteiger partial charge in [0.05, 0.1) is 6.04 Å². The molecule has 1 saturated heterocycles. The van der Waals surface area contributed by atoms with Crippen LogP contribution >= 0.6 is 0 Å². The van der Waals surface area contributed by atoms with Crippen LogP contribution < -0.4 is 5.32 Å². The number of nitrogens with zero attached hydrogens (tertiary/aromatic N) is 1. The Morgan fingerprint density at radius 3 is 2.61 bits per heavy atom. The normalized spacial score (nSPS) is 18.0. The van der Waals surface area contributed by atoms with E-state index in [1.807, 2.05) is 36.9 Å². The number of amides is 1. The molecule has 1 unspecified atom stereocenters. The lowest BCUT2D eigenvalue weighted by Gasteiger charge is -2.36. The van der Waals surface area contributed by atoms with Crippen molar-refractivity contribution in [2.75, 3.05) is 19.6 Å². The highest BCUT2D eigenvalue weighted by atomic mass is 19.1. The van der Waals surface area contributed by atoms with Crippen molar-refractivity contribution < 1.29 is 9.18 Å². The van der Waals surface area contributed by atoms with Gasteiger partial charge in [0, 0.05) is 25.2 Å². The van der Waals surface area contributed by atoms with Crippen LogP contribution in [0.4, 0.5) is 4.39 Å². The maximum absolute atomic E-state index is 13.6. The lowest BCUT2D eigenvalue weighted by atomic mass is 10.0. The van der Waals surface area contributed by atoms with Gasteiger partial charge in [0.15, 0.2) is 0 Å². The van der Waals surface area contributed by atoms with Gasteiger partial charge < -0.3 is 10.2 Å². The molecule has 1 heterocycles. The van der Waals surface area contributed by atoms with Gasteiger partial charge >= 0.3 is 0 Å². The van der Waals surface area contributed by atoms with Crippen LogP contribution in [0.15, 0.2) is 42.5 Å². The Hall–Kier alpha value is -2.20. The number of piperazine rings is 1. The number of benzene rings is 2. The van der Waals surface area contributed by atoms with Crippen molar-refractivity contribution in [1.82, 2.24) is 10.2 Å². The second kappa shape index (κ2) is 6.50. The maximum atomic E-state index is 13.6. The average molecular weight is 312 g/mol. The largest absolute Gasteiger partial charge is 0.329 e. The zero-order valence-electron chi connectivity index (χ0n) is 13.5. The summed E-state index contributed by atoms with van der Waals surface area (Å²) >= 11 is 0. The summed E-state index contributed by atoms with van der Waals surface area (Å²) in [5, 5.41) is 3.30. The second-order valence-electron chi connectivity index (χ2n) is 6.15. The molecule has 0 saturated carbocycles. The van der Waals surface area contributed by atoms with Crippen LogP contribution in [-0.2, 0) is 0 Å². The smallest absolute Gasteiger partial charge is 0.254 e. The van der Waals surface area contributed by atoms with Gasteiger partial charge in [0.25, 0.3) is 5.91 Å². The highest BCUT2D eigenvalue weighted by Gasteiger charge is 2.28. The fourth-order valence-electron chi connectivity index (χ4n) is 3.22. The second-order valence-corrected chi connectivity index (χ2v) is 6.15. The molecule has 4 heteroatoms. The van der Waals surface area contributed by atoms with E-state index >= 15 is 0 Å². The molecule has 0 spiro atoms. The van der Waals surface area contributed by atoms with Gasteiger partial charge in [-0.25, -0.2) is 4.39 Å². The fourth-order valence-corrected chi connectivity index (χ4v) is 3.22. The van der Waals surface area contributed by atoms with E-state index in [1.54, 1.807) is 6.07 Å². The number of hydrogen-bond acceptors (Lipinski definition) is 2. The molecule has 0 aliphatic carbocycles. The SMILES string of the molecule is Cc1cc(C)cc(C(=O)N2CCNCC2c2cccc(F)c2)c1. The number of hydrogen-bond donors (Lipinski definition) is 1. The average Bonchev–Trinajstić information content (AvgIpc) is 2.53. The zero-order valence-corrected chi connectivity index (χ0v) is 13.5. The number of nitrogens with one attached hydrogen (secondary N) is 1. The topological polar surface area (TPSA) is 32.3 Å². The molecule has 3 nitrogen and oxygen atoms in total. The predicted octanol–water partition coefficient (Wildman–Crippen LogP) is 3.23. The maximum Gasteiger partial charge on any atom is 0.254 e. The Morgan fingerprint density at radius 1 is 1.17 bits per heavy atom. The predicted molar refractivity (Wildman–Crippen MR) is 89.0 cm³/mol. The first-order valence-electron chi connectivity index (χ1n) is 7.90. The van der Waals surface area contributed by atoms with Crippen LogP contribution in [0.3, 0.4) is 0 Å². The van der Waals surface area contributed by atoms with Crippen LogP contribution in [0.1, 0.15) is 33.1 Å². The first-order valence-corrected chi connectivity index (χ1v) is 7.90. The van der Waals surface area contributed by atoms with Gasteiger partial charge in [0.2, 0.25) is 0 Å². The number of carbonyl (C=O) groups excluding carboxylic acids is 1. The molecule has 1 fully saturated rings. The third-order valence-corrected chi connectivity index (χ3v) is 4.21. The summed E-state index contributed by atoms with van der Waals surface area (Å²) in [6.07, 6.45) is 0. The number of aryl methyl sites for hydroxylation is 2. The van der Waals surface area contributed by atoms with E-state index in [9.17, 15) is 9.18 Å². The molecular weight excluding hydrogens is 291 g/mol. The van der Waals surface area contributed by atoms with Crippen LogP contribution in [0.2, 0.25) is 0 Å². The highest BCUT2D eigenvalue weighted by Crippen LogP contribution is 2.25. The molecule has 0 radical (unpaired) electrons. The van der Waals surface area contributed by atoms with E-state index in [4.69, 9.17) is 0 Å². The molecule has 3 rings (SSSR count). The van der Waals surface area contributed by atoms with Crippen molar-refractivity contribution in [3.05, 3.63) is 70.5 Å². The van der Waals surface area contributed by atoms with E-state index in [2.05, 4.69) is 11.4 Å². The number of rotatable bonds is 2. The number of carbonyl (C=O) groups is 1. The highest BCUT2D eigenvalue weighted by molar-refractivity contribution is 5.95. The fraction of sp³-hybridized carbons (Fsp3) is 0.316. The summed E-state index contributed by atoms with van der Waals surface area (Å²) in [6, 6.07) is 12.3. The van der Waals surface area contributed by atoms with Gasteiger partial charge in [-0.1, -0.05) is 29.3 Å². The molecular formula is C19H21FN2O. The van der Waals surface area contributed by atoms with Gasteiger partial charge in [-0.15, -0.1) is 0 Å². The van der Waals surface area contributed by atoms with Crippen LogP contribution in [0.5, 0.6) is 0 Å². The van der Waals surface area contributed by atoms with Crippen molar-refractivity contribution >= 4 is 5.91 Å². The van der Waals surface area contributed by atoms with Crippen molar-refractivity contribution in [2.24, 2.45) is 0 Å². The Morgan fingerprint density at radius 2 is 1.91 bits per heavy atom. The monoisotopic (exact) mass is 312 g/mol. The van der Waals surface area contributed by atoms with Gasteiger partial charge in [-0.2, -0.15) is 0 Å². The van der Waals surface area contributed by atoms with E-state index in [0.717, 1.165) is 23.2 Å². The lowest BCUT2D eigenvalue weighted by molar-refractivity contribution is 0.0633. The minimum absolute atomic E-state index is 0.00700.